The van der Waals surface area contributed by atoms with Crippen LogP contribution in [0.2, 0.25) is 0 Å². The summed E-state index contributed by atoms with van der Waals surface area (Å²) in [4.78, 5) is 79.3. The molecule has 1 aliphatic heterocycles. The molecule has 2 aromatic rings. The number of carbonyl (C=O) groups excluding carboxylic acids is 5. The molecule has 54 heavy (non-hydrogen) atoms. The van der Waals surface area contributed by atoms with Crippen molar-refractivity contribution in [3.8, 4) is 0 Å². The Kier molecular flexibility index (Phi) is 13.9. The van der Waals surface area contributed by atoms with Gasteiger partial charge in [-0.3, -0.25) is 24.0 Å². The van der Waals surface area contributed by atoms with Gasteiger partial charge in [-0.25, -0.2) is 17.9 Å². The second-order valence-corrected chi connectivity index (χ2v) is 16.6. The van der Waals surface area contributed by atoms with Crippen LogP contribution < -0.4 is 21.7 Å². The summed E-state index contributed by atoms with van der Waals surface area (Å²) in [5.41, 5.74) is 4.36. The van der Waals surface area contributed by atoms with Crippen molar-refractivity contribution >= 4 is 45.3 Å². The molecule has 2 fully saturated rings. The van der Waals surface area contributed by atoms with Crippen molar-refractivity contribution in [2.75, 3.05) is 19.3 Å². The lowest BCUT2D eigenvalue weighted by Crippen LogP contribution is -2.56. The second-order valence-electron chi connectivity index (χ2n) is 14.6. The topological polar surface area (TPSA) is 273 Å². The van der Waals surface area contributed by atoms with Crippen LogP contribution in [0.3, 0.4) is 0 Å². The van der Waals surface area contributed by atoms with Gasteiger partial charge in [-0.15, -0.1) is 5.10 Å². The number of carbonyl (C=O) groups is 6. The minimum Gasteiger partial charge on any atom is -0.465 e. The number of aliphatic hydroxyl groups is 1. The van der Waals surface area contributed by atoms with Gasteiger partial charge in [-0.2, -0.15) is 0 Å². The normalized spacial score (nSPS) is 19.1. The number of ketones is 1. The Labute approximate surface area is 313 Å². The van der Waals surface area contributed by atoms with Crippen molar-refractivity contribution in [2.45, 2.75) is 113 Å². The van der Waals surface area contributed by atoms with E-state index in [2.05, 4.69) is 26.3 Å². The minimum absolute atomic E-state index is 0.0226. The Bertz CT molecular complexity index is 1800. The molecule has 0 radical (unpaired) electrons. The number of nitrogens with two attached hydrogens (primary N) is 1. The summed E-state index contributed by atoms with van der Waals surface area (Å²) >= 11 is 0. The first-order valence-corrected chi connectivity index (χ1v) is 19.9. The highest BCUT2D eigenvalue weighted by Crippen LogP contribution is 2.33. The molecule has 296 valence electrons. The molecule has 1 saturated heterocycles. The van der Waals surface area contributed by atoms with E-state index in [0.29, 0.717) is 12.1 Å². The van der Waals surface area contributed by atoms with Gasteiger partial charge < -0.3 is 36.8 Å². The maximum absolute atomic E-state index is 14.7. The molecule has 0 bridgehead atoms. The highest BCUT2D eigenvalue weighted by Gasteiger charge is 2.45. The molecule has 1 saturated carbocycles. The molecular weight excluding hydrogens is 724 g/mol. The van der Waals surface area contributed by atoms with Crippen LogP contribution in [0.1, 0.15) is 100 Å². The lowest BCUT2D eigenvalue weighted by molar-refractivity contribution is -0.142. The SMILES string of the molecule is CC(C)(O)c1cnnn1[C@H]1C[C@@H](C(=O)NC(CCCCNC(=O)O)C(=O)C(N)=O)N(C(=O)C(CC2CCCCC2)NC(=O)c2ccc(S(C)(=O)=O)cc2)C1. The third-order valence-electron chi connectivity index (χ3n) is 9.93. The summed E-state index contributed by atoms with van der Waals surface area (Å²) < 4.78 is 25.4. The molecule has 7 N–H and O–H groups in total. The summed E-state index contributed by atoms with van der Waals surface area (Å²) in [6, 6.07) is 0.963. The Hall–Kier alpha value is -4.91. The van der Waals surface area contributed by atoms with Crippen molar-refractivity contribution in [2.24, 2.45) is 11.7 Å². The highest BCUT2D eigenvalue weighted by atomic mass is 32.2. The maximum Gasteiger partial charge on any atom is 0.404 e. The van der Waals surface area contributed by atoms with Crippen molar-refractivity contribution in [1.29, 1.82) is 0 Å². The van der Waals surface area contributed by atoms with E-state index in [1.54, 1.807) is 0 Å². The smallest absolute Gasteiger partial charge is 0.404 e. The number of hydrogen-bond acceptors (Lipinski definition) is 11. The number of nitrogens with zero attached hydrogens (tertiary/aromatic N) is 4. The van der Waals surface area contributed by atoms with Crippen LogP contribution in [0.15, 0.2) is 35.4 Å². The van der Waals surface area contributed by atoms with Gasteiger partial charge in [0.1, 0.15) is 17.7 Å². The first-order valence-electron chi connectivity index (χ1n) is 18.0. The van der Waals surface area contributed by atoms with Gasteiger partial charge in [-0.1, -0.05) is 37.3 Å². The summed E-state index contributed by atoms with van der Waals surface area (Å²) in [6.07, 6.45) is 6.58. The van der Waals surface area contributed by atoms with Crippen molar-refractivity contribution < 1.29 is 47.4 Å². The molecule has 2 aliphatic rings. The number of sulfone groups is 1. The number of primary amides is 1. The molecule has 1 aliphatic carbocycles. The number of nitrogens with one attached hydrogen (secondary N) is 3. The van der Waals surface area contributed by atoms with Crippen molar-refractivity contribution in [3.63, 3.8) is 0 Å². The Morgan fingerprint density at radius 1 is 1.00 bits per heavy atom. The zero-order chi connectivity index (χ0) is 39.8. The average Bonchev–Trinajstić information content (AvgIpc) is 3.79. The fraction of sp³-hybridized carbons (Fsp3) is 0.600. The molecule has 0 spiro atoms. The summed E-state index contributed by atoms with van der Waals surface area (Å²) in [7, 11) is -3.52. The largest absolute Gasteiger partial charge is 0.465 e. The van der Waals surface area contributed by atoms with Gasteiger partial charge in [0.15, 0.2) is 9.84 Å². The number of amides is 5. The zero-order valence-electron chi connectivity index (χ0n) is 30.7. The molecule has 2 heterocycles. The highest BCUT2D eigenvalue weighted by molar-refractivity contribution is 7.90. The van der Waals surface area contributed by atoms with Crippen LogP contribution in [0.5, 0.6) is 0 Å². The van der Waals surface area contributed by atoms with E-state index in [9.17, 15) is 42.3 Å². The summed E-state index contributed by atoms with van der Waals surface area (Å²) in [5.74, 6) is -4.21. The number of aromatic nitrogens is 3. The fourth-order valence-corrected chi connectivity index (χ4v) is 7.72. The van der Waals surface area contributed by atoms with Crippen LogP contribution in [-0.4, -0.2) is 112 Å². The number of benzene rings is 1. The standard InChI is InChI=1S/C35H50N8O10S/c1-35(2,51)28-19-38-41-43(28)23-18-27(32(47)39-25(29(44)30(36)45)11-7-8-16-37-34(49)50)42(20-23)33(48)26(17-21-9-5-4-6-10-21)40-31(46)22-12-14-24(15-13-22)54(3,52)53/h12-15,19,21,23,25-27,37,51H,4-11,16-18,20H2,1-3H3,(H2,36,45)(H,39,47)(H,40,46)(H,49,50)/t23-,25?,26?,27-/m0/s1. The second kappa shape index (κ2) is 17.9. The van der Waals surface area contributed by atoms with Crippen LogP contribution in [-0.2, 0) is 34.6 Å². The predicted octanol–water partition coefficient (Wildman–Crippen LogP) is 0.797. The van der Waals surface area contributed by atoms with E-state index in [-0.39, 0.29) is 55.1 Å². The van der Waals surface area contributed by atoms with E-state index in [1.165, 1.54) is 53.9 Å². The molecule has 1 aromatic carbocycles. The van der Waals surface area contributed by atoms with Crippen LogP contribution >= 0.6 is 0 Å². The molecule has 19 heteroatoms. The molecule has 4 rings (SSSR count). The van der Waals surface area contributed by atoms with Gasteiger partial charge in [0.2, 0.25) is 17.6 Å². The lowest BCUT2D eigenvalue weighted by atomic mass is 9.84. The average molecular weight is 775 g/mol. The molecule has 18 nitrogen and oxygen atoms in total. The van der Waals surface area contributed by atoms with Crippen molar-refractivity contribution in [3.05, 3.63) is 41.7 Å². The number of Topliss-reactive ketones (excluding diaryl/α,β-unsaturated/α-hetero) is 1. The van der Waals surface area contributed by atoms with Gasteiger partial charge in [0, 0.05) is 31.3 Å². The number of hydrogen-bond donors (Lipinski definition) is 6. The van der Waals surface area contributed by atoms with E-state index >= 15 is 0 Å². The number of unbranched alkanes of at least 4 members (excludes halogenated alkanes) is 1. The van der Waals surface area contributed by atoms with Gasteiger partial charge in [0.25, 0.3) is 11.8 Å². The monoisotopic (exact) mass is 774 g/mol. The Balaban J connectivity index is 1.65. The maximum atomic E-state index is 14.7. The predicted molar refractivity (Wildman–Crippen MR) is 192 cm³/mol. The van der Waals surface area contributed by atoms with E-state index in [1.807, 2.05) is 0 Å². The van der Waals surface area contributed by atoms with Gasteiger partial charge in [0.05, 0.1) is 28.9 Å². The van der Waals surface area contributed by atoms with E-state index in [0.717, 1.165) is 38.4 Å². The number of carboxylic acid groups (broad SMARTS) is 1. The molecule has 5 amide bonds. The quantitative estimate of drug-likeness (QED) is 0.0962. The molecular formula is C35H50N8O10S. The van der Waals surface area contributed by atoms with Crippen molar-refractivity contribution in [1.82, 2.24) is 35.8 Å². The summed E-state index contributed by atoms with van der Waals surface area (Å²) in [5, 5.41) is 35.4. The third kappa shape index (κ3) is 11.1. The first kappa shape index (κ1) is 41.8. The zero-order valence-corrected chi connectivity index (χ0v) is 31.5. The van der Waals surface area contributed by atoms with Gasteiger partial charge >= 0.3 is 6.09 Å². The van der Waals surface area contributed by atoms with Crippen LogP contribution in [0.25, 0.3) is 0 Å². The fourth-order valence-electron chi connectivity index (χ4n) is 7.08. The summed E-state index contributed by atoms with van der Waals surface area (Å²) in [6.45, 7) is 3.06. The van der Waals surface area contributed by atoms with E-state index < -0.39 is 75.1 Å². The molecule has 2 unspecified atom stereocenters. The molecule has 1 aromatic heterocycles. The third-order valence-corrected chi connectivity index (χ3v) is 11.1. The molecule has 4 atom stereocenters. The number of likely N-dealkylation sites (tertiary alicyclic amines) is 1. The van der Waals surface area contributed by atoms with Gasteiger partial charge in [-0.05, 0) is 69.7 Å². The van der Waals surface area contributed by atoms with E-state index in [4.69, 9.17) is 10.8 Å². The van der Waals surface area contributed by atoms with Crippen LogP contribution in [0.4, 0.5) is 4.79 Å². The van der Waals surface area contributed by atoms with Crippen LogP contribution in [0, 0.1) is 5.92 Å². The Morgan fingerprint density at radius 3 is 2.26 bits per heavy atom. The lowest BCUT2D eigenvalue weighted by Gasteiger charge is -2.32. The minimum atomic E-state index is -3.52. The Morgan fingerprint density at radius 2 is 1.67 bits per heavy atom. The number of rotatable bonds is 17. The first-order chi connectivity index (χ1) is 25.4.